The van der Waals surface area contributed by atoms with Crippen molar-refractivity contribution >= 4 is 18.0 Å². The Balaban J connectivity index is 0.000000860. The summed E-state index contributed by atoms with van der Waals surface area (Å²) < 4.78 is 7.09. The molecule has 0 atom stereocenters. The topological polar surface area (TPSA) is 76.7 Å². The molecular weight excluding hydrogens is 402 g/mol. The van der Waals surface area contributed by atoms with Crippen molar-refractivity contribution < 1.29 is 14.6 Å². The van der Waals surface area contributed by atoms with Crippen LogP contribution in [0.15, 0.2) is 42.9 Å². The Morgan fingerprint density at radius 3 is 2.41 bits per heavy atom. The molecule has 2 aromatic heterocycles. The molecule has 1 saturated carbocycles. The number of rotatable bonds is 5. The number of hydrogen-bond acceptors (Lipinski definition) is 5. The molecule has 0 aliphatic heterocycles. The van der Waals surface area contributed by atoms with Crippen LogP contribution in [-0.2, 0) is 16.1 Å². The first-order chi connectivity index (χ1) is 15.7. The molecule has 3 aromatic rings. The highest BCUT2D eigenvalue weighted by atomic mass is 16.5. The van der Waals surface area contributed by atoms with Gasteiger partial charge in [0.25, 0.3) is 0 Å². The van der Waals surface area contributed by atoms with E-state index < -0.39 is 0 Å². The van der Waals surface area contributed by atoms with Gasteiger partial charge in [-0.2, -0.15) is 5.10 Å². The van der Waals surface area contributed by atoms with Crippen molar-refractivity contribution in [3.05, 3.63) is 59.7 Å². The SMILES string of the molecule is C=O.CC.CO/C=C(\C)c1ccc(-c2cnc3c(CO)cnn3c2C2CCCCC2)cc1. The molecule has 1 aliphatic carbocycles. The molecule has 4 rings (SSSR count). The van der Waals surface area contributed by atoms with Crippen molar-refractivity contribution in [1.29, 1.82) is 0 Å². The van der Waals surface area contributed by atoms with Gasteiger partial charge in [0.05, 0.1) is 31.9 Å². The summed E-state index contributed by atoms with van der Waals surface area (Å²) in [6, 6.07) is 8.54. The van der Waals surface area contributed by atoms with Crippen molar-refractivity contribution in [2.24, 2.45) is 0 Å². The van der Waals surface area contributed by atoms with Crippen LogP contribution in [0.4, 0.5) is 0 Å². The molecular formula is C26H35N3O3. The van der Waals surface area contributed by atoms with Gasteiger partial charge in [-0.1, -0.05) is 57.4 Å². The van der Waals surface area contributed by atoms with Crippen molar-refractivity contribution in [2.45, 2.75) is 65.4 Å². The largest absolute Gasteiger partial charge is 0.504 e. The molecule has 2 heterocycles. The molecule has 0 saturated heterocycles. The fraction of sp³-hybridized carbons (Fsp3) is 0.423. The maximum atomic E-state index is 9.63. The van der Waals surface area contributed by atoms with Crippen LogP contribution in [0.3, 0.4) is 0 Å². The first kappa shape index (κ1) is 25.3. The molecule has 6 heteroatoms. The summed E-state index contributed by atoms with van der Waals surface area (Å²) in [5.74, 6) is 0.468. The monoisotopic (exact) mass is 437 g/mol. The van der Waals surface area contributed by atoms with Crippen LogP contribution in [0.1, 0.15) is 75.6 Å². The molecule has 172 valence electrons. The van der Waals surface area contributed by atoms with Gasteiger partial charge < -0.3 is 14.6 Å². The lowest BCUT2D eigenvalue weighted by atomic mass is 9.84. The maximum Gasteiger partial charge on any atom is 0.160 e. The fourth-order valence-corrected chi connectivity index (χ4v) is 4.26. The number of aliphatic hydroxyl groups excluding tert-OH is 1. The summed E-state index contributed by atoms with van der Waals surface area (Å²) in [7, 11) is 1.67. The Labute approximate surface area is 191 Å². The third kappa shape index (κ3) is 5.43. The third-order valence-electron chi connectivity index (χ3n) is 5.75. The number of hydrogen-bond donors (Lipinski definition) is 1. The normalized spacial score (nSPS) is 14.2. The average molecular weight is 438 g/mol. The summed E-state index contributed by atoms with van der Waals surface area (Å²) in [6.07, 6.45) is 11.6. The number of methoxy groups -OCH3 is 1. The van der Waals surface area contributed by atoms with E-state index >= 15 is 0 Å². The van der Waals surface area contributed by atoms with E-state index in [-0.39, 0.29) is 6.61 Å². The predicted molar refractivity (Wildman–Crippen MR) is 129 cm³/mol. The van der Waals surface area contributed by atoms with Crippen molar-refractivity contribution in [2.75, 3.05) is 7.11 Å². The maximum absolute atomic E-state index is 9.63. The minimum Gasteiger partial charge on any atom is -0.504 e. The van der Waals surface area contributed by atoms with Gasteiger partial charge in [0.15, 0.2) is 5.65 Å². The minimum atomic E-state index is -0.0419. The van der Waals surface area contributed by atoms with E-state index in [0.29, 0.717) is 5.92 Å². The summed E-state index contributed by atoms with van der Waals surface area (Å²) in [4.78, 5) is 12.6. The van der Waals surface area contributed by atoms with Gasteiger partial charge in [0.1, 0.15) is 6.79 Å². The van der Waals surface area contributed by atoms with Crippen LogP contribution in [0, 0.1) is 0 Å². The standard InChI is InChI=1S/C23H27N3O2.C2H6.CH2O/c1-16(15-28-2)17-8-10-18(11-9-17)21-13-24-23-20(14-27)12-25-26(23)22(21)19-6-4-3-5-7-19;2*1-2/h8-13,15,19,27H,3-7,14H2,1-2H3;1-2H3;1H2/b16-15+;;. The zero-order valence-corrected chi connectivity index (χ0v) is 19.7. The molecule has 0 spiro atoms. The van der Waals surface area contributed by atoms with E-state index in [2.05, 4.69) is 34.3 Å². The predicted octanol–water partition coefficient (Wildman–Crippen LogP) is 5.78. The lowest BCUT2D eigenvalue weighted by Crippen LogP contribution is -2.12. The second-order valence-corrected chi connectivity index (χ2v) is 7.57. The van der Waals surface area contributed by atoms with Gasteiger partial charge in [0.2, 0.25) is 0 Å². The van der Waals surface area contributed by atoms with Crippen LogP contribution < -0.4 is 0 Å². The Bertz CT molecular complexity index is 1000. The summed E-state index contributed by atoms with van der Waals surface area (Å²) in [5.41, 5.74) is 7.27. The van der Waals surface area contributed by atoms with Crippen molar-refractivity contribution in [1.82, 2.24) is 14.6 Å². The van der Waals surface area contributed by atoms with E-state index in [4.69, 9.17) is 9.53 Å². The second-order valence-electron chi connectivity index (χ2n) is 7.57. The minimum absolute atomic E-state index is 0.0419. The Morgan fingerprint density at radius 1 is 1.16 bits per heavy atom. The van der Waals surface area contributed by atoms with Gasteiger partial charge in [0, 0.05) is 23.2 Å². The number of aromatic nitrogens is 3. The zero-order valence-electron chi connectivity index (χ0n) is 19.7. The lowest BCUT2D eigenvalue weighted by molar-refractivity contribution is -0.0979. The Hall–Kier alpha value is -2.99. The number of aliphatic hydroxyl groups is 1. The Kier molecular flexibility index (Phi) is 10.1. The van der Waals surface area contributed by atoms with Crippen molar-refractivity contribution in [3.63, 3.8) is 0 Å². The lowest BCUT2D eigenvalue weighted by Gasteiger charge is -2.25. The summed E-state index contributed by atoms with van der Waals surface area (Å²) >= 11 is 0. The summed E-state index contributed by atoms with van der Waals surface area (Å²) in [6.45, 7) is 8.00. The van der Waals surface area contributed by atoms with Crippen LogP contribution in [0.5, 0.6) is 0 Å². The first-order valence-electron chi connectivity index (χ1n) is 11.3. The van der Waals surface area contributed by atoms with E-state index in [1.54, 1.807) is 19.6 Å². The third-order valence-corrected chi connectivity index (χ3v) is 5.75. The van der Waals surface area contributed by atoms with Crippen LogP contribution in [0.2, 0.25) is 0 Å². The zero-order chi connectivity index (χ0) is 23.5. The highest BCUT2D eigenvalue weighted by molar-refractivity contribution is 5.71. The number of fused-ring (bicyclic) bond motifs is 1. The number of carbonyl (C=O) groups excluding carboxylic acids is 1. The van der Waals surface area contributed by atoms with Crippen LogP contribution in [0.25, 0.3) is 22.3 Å². The first-order valence-corrected chi connectivity index (χ1v) is 11.3. The highest BCUT2D eigenvalue weighted by Crippen LogP contribution is 2.38. The van der Waals surface area contributed by atoms with Gasteiger partial charge in [-0.05, 0) is 36.5 Å². The van der Waals surface area contributed by atoms with Gasteiger partial charge >= 0.3 is 0 Å². The van der Waals surface area contributed by atoms with Crippen LogP contribution >= 0.6 is 0 Å². The molecule has 0 bridgehead atoms. The number of carbonyl (C=O) groups is 1. The number of ether oxygens (including phenoxy) is 1. The molecule has 32 heavy (non-hydrogen) atoms. The number of nitrogens with zero attached hydrogens (tertiary/aromatic N) is 3. The fourth-order valence-electron chi connectivity index (χ4n) is 4.26. The quantitative estimate of drug-likeness (QED) is 0.512. The smallest absolute Gasteiger partial charge is 0.160 e. The molecule has 0 unspecified atom stereocenters. The molecule has 1 N–H and O–H groups in total. The molecule has 6 nitrogen and oxygen atoms in total. The van der Waals surface area contributed by atoms with E-state index in [0.717, 1.165) is 33.5 Å². The van der Waals surface area contributed by atoms with E-state index in [1.807, 2.05) is 38.3 Å². The van der Waals surface area contributed by atoms with E-state index in [9.17, 15) is 5.11 Å². The number of benzene rings is 1. The van der Waals surface area contributed by atoms with Crippen LogP contribution in [-0.4, -0.2) is 33.6 Å². The van der Waals surface area contributed by atoms with Gasteiger partial charge in [-0.15, -0.1) is 0 Å². The van der Waals surface area contributed by atoms with Gasteiger partial charge in [-0.3, -0.25) is 0 Å². The molecule has 0 amide bonds. The molecule has 1 aliphatic rings. The number of allylic oxidation sites excluding steroid dienone is 1. The molecule has 0 radical (unpaired) electrons. The second kappa shape index (κ2) is 12.8. The summed E-state index contributed by atoms with van der Waals surface area (Å²) in [5, 5.41) is 14.2. The van der Waals surface area contributed by atoms with Crippen molar-refractivity contribution in [3.8, 4) is 11.1 Å². The average Bonchev–Trinajstić information content (AvgIpc) is 3.30. The molecule has 1 aromatic carbocycles. The van der Waals surface area contributed by atoms with E-state index in [1.165, 1.54) is 37.8 Å². The highest BCUT2D eigenvalue weighted by Gasteiger charge is 2.24. The van der Waals surface area contributed by atoms with Gasteiger partial charge in [-0.25, -0.2) is 9.50 Å². The Morgan fingerprint density at radius 2 is 1.81 bits per heavy atom. The molecule has 1 fully saturated rings.